The van der Waals surface area contributed by atoms with E-state index in [4.69, 9.17) is 16.0 Å². The van der Waals surface area contributed by atoms with E-state index in [9.17, 15) is 5.11 Å². The topological polar surface area (TPSA) is 51.2 Å². The van der Waals surface area contributed by atoms with Crippen LogP contribution in [0, 0.1) is 0 Å². The number of rotatable bonds is 2. The molecule has 1 N–H and O–H groups in total. The van der Waals surface area contributed by atoms with Crippen molar-refractivity contribution in [3.8, 4) is 0 Å². The molecule has 5 heteroatoms. The number of benzene rings is 1. The fraction of sp³-hybridized carbons (Fsp3) is 0.154. The van der Waals surface area contributed by atoms with Crippen molar-refractivity contribution in [2.75, 3.05) is 0 Å². The maximum absolute atomic E-state index is 10.2. The molecule has 1 aromatic carbocycles. The van der Waals surface area contributed by atoms with E-state index in [1.54, 1.807) is 36.1 Å². The van der Waals surface area contributed by atoms with Crippen molar-refractivity contribution < 1.29 is 9.52 Å². The average Bonchev–Trinajstić information content (AvgIpc) is 2.95. The van der Waals surface area contributed by atoms with Gasteiger partial charge < -0.3 is 9.52 Å². The van der Waals surface area contributed by atoms with Crippen molar-refractivity contribution in [3.63, 3.8) is 0 Å². The zero-order valence-corrected chi connectivity index (χ0v) is 10.4. The van der Waals surface area contributed by atoms with Gasteiger partial charge in [-0.3, -0.25) is 4.68 Å². The van der Waals surface area contributed by atoms with E-state index in [-0.39, 0.29) is 0 Å². The molecule has 3 rings (SSSR count). The van der Waals surface area contributed by atoms with Gasteiger partial charge in [-0.2, -0.15) is 5.10 Å². The van der Waals surface area contributed by atoms with Crippen LogP contribution in [-0.2, 0) is 7.05 Å². The zero-order chi connectivity index (χ0) is 12.7. The molecule has 92 valence electrons. The summed E-state index contributed by atoms with van der Waals surface area (Å²) in [5, 5.41) is 15.7. The highest BCUT2D eigenvalue weighted by Crippen LogP contribution is 2.31. The number of fused-ring (bicyclic) bond motifs is 1. The van der Waals surface area contributed by atoms with Crippen molar-refractivity contribution >= 4 is 22.6 Å². The Morgan fingerprint density at radius 1 is 1.39 bits per heavy atom. The molecule has 18 heavy (non-hydrogen) atoms. The second kappa shape index (κ2) is 4.15. The van der Waals surface area contributed by atoms with Gasteiger partial charge in [-0.1, -0.05) is 23.7 Å². The minimum Gasteiger partial charge on any atom is -0.456 e. The van der Waals surface area contributed by atoms with E-state index < -0.39 is 6.10 Å². The van der Waals surface area contributed by atoms with Gasteiger partial charge in [0.05, 0.1) is 10.7 Å². The third-order valence-electron chi connectivity index (χ3n) is 2.80. The minimum atomic E-state index is -0.880. The number of halogens is 1. The zero-order valence-electron chi connectivity index (χ0n) is 9.67. The van der Waals surface area contributed by atoms with Crippen LogP contribution in [0.25, 0.3) is 11.0 Å². The van der Waals surface area contributed by atoms with Crippen LogP contribution in [-0.4, -0.2) is 14.9 Å². The largest absolute Gasteiger partial charge is 0.456 e. The summed E-state index contributed by atoms with van der Waals surface area (Å²) in [7, 11) is 1.80. The second-order valence-corrected chi connectivity index (χ2v) is 4.53. The maximum atomic E-state index is 10.2. The van der Waals surface area contributed by atoms with Gasteiger partial charge in [0, 0.05) is 18.6 Å². The molecule has 4 nitrogen and oxygen atoms in total. The fourth-order valence-corrected chi connectivity index (χ4v) is 2.13. The number of aliphatic hydroxyl groups excluding tert-OH is 1. The number of para-hydroxylation sites is 1. The monoisotopic (exact) mass is 262 g/mol. The van der Waals surface area contributed by atoms with Gasteiger partial charge in [-0.15, -0.1) is 0 Å². The van der Waals surface area contributed by atoms with Crippen LogP contribution in [0.4, 0.5) is 0 Å². The Bertz CT molecular complexity index is 702. The van der Waals surface area contributed by atoms with Crippen molar-refractivity contribution in [2.24, 2.45) is 7.05 Å². The summed E-state index contributed by atoms with van der Waals surface area (Å²) in [6, 6.07) is 9.01. The predicted octanol–water partition coefficient (Wildman–Crippen LogP) is 2.90. The van der Waals surface area contributed by atoms with E-state index in [1.807, 2.05) is 12.1 Å². The lowest BCUT2D eigenvalue weighted by Gasteiger charge is -2.02. The van der Waals surface area contributed by atoms with Crippen molar-refractivity contribution in [3.05, 3.63) is 53.0 Å². The molecule has 0 bridgehead atoms. The molecule has 1 atom stereocenters. The molecular weight excluding hydrogens is 252 g/mol. The van der Waals surface area contributed by atoms with Crippen molar-refractivity contribution in [2.45, 2.75) is 6.10 Å². The van der Waals surface area contributed by atoms with Gasteiger partial charge in [0.1, 0.15) is 5.76 Å². The van der Waals surface area contributed by atoms with Crippen LogP contribution in [0.3, 0.4) is 0 Å². The van der Waals surface area contributed by atoms with E-state index >= 15 is 0 Å². The highest BCUT2D eigenvalue weighted by atomic mass is 35.5. The lowest BCUT2D eigenvalue weighted by molar-refractivity contribution is 0.187. The molecule has 2 heterocycles. The first-order chi connectivity index (χ1) is 8.65. The van der Waals surface area contributed by atoms with Crippen LogP contribution >= 0.6 is 11.6 Å². The SMILES string of the molecule is Cn1ccc(C(O)c2cc3cccc(Cl)c3o2)n1. The Labute approximate surface area is 108 Å². The van der Waals surface area contributed by atoms with Crippen LogP contribution in [0.15, 0.2) is 40.9 Å². The number of furan rings is 1. The van der Waals surface area contributed by atoms with E-state index in [0.717, 1.165) is 5.39 Å². The second-order valence-electron chi connectivity index (χ2n) is 4.12. The van der Waals surface area contributed by atoms with Crippen LogP contribution in [0.5, 0.6) is 0 Å². The number of hydrogen-bond acceptors (Lipinski definition) is 3. The van der Waals surface area contributed by atoms with Gasteiger partial charge >= 0.3 is 0 Å². The molecule has 0 saturated carbocycles. The standard InChI is InChI=1S/C13H11ClN2O2/c1-16-6-5-10(15-16)12(17)11-7-8-3-2-4-9(14)13(8)18-11/h2-7,12,17H,1H3. The van der Waals surface area contributed by atoms with E-state index in [1.165, 1.54) is 0 Å². The lowest BCUT2D eigenvalue weighted by atomic mass is 10.2. The number of hydrogen-bond donors (Lipinski definition) is 1. The smallest absolute Gasteiger partial charge is 0.155 e. The third-order valence-corrected chi connectivity index (χ3v) is 3.10. The van der Waals surface area contributed by atoms with E-state index in [0.29, 0.717) is 22.1 Å². The molecule has 0 aliphatic carbocycles. The summed E-state index contributed by atoms with van der Waals surface area (Å²) in [4.78, 5) is 0. The highest BCUT2D eigenvalue weighted by molar-refractivity contribution is 6.34. The summed E-state index contributed by atoms with van der Waals surface area (Å²) < 4.78 is 7.23. The van der Waals surface area contributed by atoms with Gasteiger partial charge in [-0.25, -0.2) is 0 Å². The summed E-state index contributed by atoms with van der Waals surface area (Å²) in [6.07, 6.45) is 0.892. The summed E-state index contributed by atoms with van der Waals surface area (Å²) >= 11 is 6.03. The average molecular weight is 263 g/mol. The summed E-state index contributed by atoms with van der Waals surface area (Å²) in [5.74, 6) is 0.441. The number of aryl methyl sites for hydroxylation is 1. The molecular formula is C13H11ClN2O2. The Morgan fingerprint density at radius 3 is 2.89 bits per heavy atom. The van der Waals surface area contributed by atoms with Crippen LogP contribution in [0.1, 0.15) is 17.6 Å². The first-order valence-electron chi connectivity index (χ1n) is 5.51. The molecule has 0 aliphatic heterocycles. The molecule has 0 saturated heterocycles. The molecule has 3 aromatic rings. The third kappa shape index (κ3) is 1.79. The molecule has 0 amide bonds. The Balaban J connectivity index is 2.06. The number of aromatic nitrogens is 2. The Hall–Kier alpha value is -1.78. The fourth-order valence-electron chi connectivity index (χ4n) is 1.91. The Morgan fingerprint density at radius 2 is 2.22 bits per heavy atom. The van der Waals surface area contributed by atoms with E-state index in [2.05, 4.69) is 5.10 Å². The summed E-state index contributed by atoms with van der Waals surface area (Å²) in [6.45, 7) is 0. The molecule has 1 unspecified atom stereocenters. The molecule has 2 aromatic heterocycles. The first kappa shape index (κ1) is 11.3. The van der Waals surface area contributed by atoms with Gasteiger partial charge in [0.25, 0.3) is 0 Å². The quantitative estimate of drug-likeness (QED) is 0.773. The van der Waals surface area contributed by atoms with Gasteiger partial charge in [-0.05, 0) is 18.2 Å². The highest BCUT2D eigenvalue weighted by Gasteiger charge is 2.18. The normalized spacial score (nSPS) is 13.1. The van der Waals surface area contributed by atoms with Crippen LogP contribution in [0.2, 0.25) is 5.02 Å². The predicted molar refractivity (Wildman–Crippen MR) is 68.5 cm³/mol. The summed E-state index contributed by atoms with van der Waals surface area (Å²) in [5.41, 5.74) is 1.14. The molecule has 0 spiro atoms. The van der Waals surface area contributed by atoms with Crippen molar-refractivity contribution in [1.82, 2.24) is 9.78 Å². The Kier molecular flexibility index (Phi) is 2.61. The minimum absolute atomic E-state index is 0.441. The number of aliphatic hydroxyl groups is 1. The van der Waals surface area contributed by atoms with Crippen LogP contribution < -0.4 is 0 Å². The molecule has 0 fully saturated rings. The van der Waals surface area contributed by atoms with Crippen molar-refractivity contribution in [1.29, 1.82) is 0 Å². The first-order valence-corrected chi connectivity index (χ1v) is 5.88. The molecule has 0 aliphatic rings. The number of nitrogens with zero attached hydrogens (tertiary/aromatic N) is 2. The van der Waals surface area contributed by atoms with Gasteiger partial charge in [0.2, 0.25) is 0 Å². The lowest BCUT2D eigenvalue weighted by Crippen LogP contribution is -2.00. The van der Waals surface area contributed by atoms with Gasteiger partial charge in [0.15, 0.2) is 11.7 Å². The molecule has 0 radical (unpaired) electrons. The maximum Gasteiger partial charge on any atom is 0.155 e.